The van der Waals surface area contributed by atoms with Crippen LogP contribution in [0.3, 0.4) is 0 Å². The van der Waals surface area contributed by atoms with Crippen molar-refractivity contribution in [3.05, 3.63) is 59.4 Å². The molecule has 5 nitrogen and oxygen atoms in total. The zero-order valence-corrected chi connectivity index (χ0v) is 18.3. The van der Waals surface area contributed by atoms with Gasteiger partial charge in [0.1, 0.15) is 0 Å². The minimum atomic E-state index is -2.19. The SMILES string of the molecule is CC(=O)C1=CN(C)C(CC(=O)c2cc3ccccc3n2C)C(C(=O)C(Cl)(Cl)Cl)=C1. The summed E-state index contributed by atoms with van der Waals surface area (Å²) >= 11 is 17.5. The van der Waals surface area contributed by atoms with Gasteiger partial charge in [-0.25, -0.2) is 0 Å². The maximum absolute atomic E-state index is 13.1. The Hall–Kier alpha value is -2.08. The molecule has 3 rings (SSSR count). The number of rotatable bonds is 5. The molecule has 0 fully saturated rings. The molecule has 0 radical (unpaired) electrons. The van der Waals surface area contributed by atoms with Crippen molar-refractivity contribution in [2.45, 2.75) is 23.2 Å². The molecule has 0 spiro atoms. The van der Waals surface area contributed by atoms with Gasteiger partial charge in [-0.05, 0) is 25.1 Å². The summed E-state index contributed by atoms with van der Waals surface area (Å²) in [4.78, 5) is 39.3. The topological polar surface area (TPSA) is 59.4 Å². The predicted molar refractivity (Wildman–Crippen MR) is 116 cm³/mol. The summed E-state index contributed by atoms with van der Waals surface area (Å²) in [6, 6.07) is 8.82. The Morgan fingerprint density at radius 3 is 2.34 bits per heavy atom. The lowest BCUT2D eigenvalue weighted by Crippen LogP contribution is -2.40. The molecule has 1 aromatic heterocycles. The molecule has 2 aromatic rings. The molecule has 1 aliphatic rings. The first-order valence-electron chi connectivity index (χ1n) is 8.86. The van der Waals surface area contributed by atoms with Crippen molar-refractivity contribution in [1.82, 2.24) is 9.47 Å². The molecule has 2 heterocycles. The fraction of sp³-hybridized carbons (Fsp3) is 0.286. The Bertz CT molecular complexity index is 1080. The lowest BCUT2D eigenvalue weighted by atomic mass is 9.91. The van der Waals surface area contributed by atoms with Crippen molar-refractivity contribution >= 4 is 63.1 Å². The van der Waals surface area contributed by atoms with E-state index in [0.717, 1.165) is 10.9 Å². The van der Waals surface area contributed by atoms with Crippen LogP contribution in [0.2, 0.25) is 0 Å². The van der Waals surface area contributed by atoms with Gasteiger partial charge in [-0.2, -0.15) is 0 Å². The number of fused-ring (bicyclic) bond motifs is 1. The molecular weight excluding hydrogens is 435 g/mol. The number of allylic oxidation sites excluding steroid dienone is 2. The van der Waals surface area contributed by atoms with E-state index in [4.69, 9.17) is 34.8 Å². The minimum Gasteiger partial charge on any atom is -0.372 e. The van der Waals surface area contributed by atoms with E-state index >= 15 is 0 Å². The summed E-state index contributed by atoms with van der Waals surface area (Å²) in [6.07, 6.45) is 2.99. The van der Waals surface area contributed by atoms with E-state index in [1.807, 2.05) is 41.9 Å². The van der Waals surface area contributed by atoms with Crippen LogP contribution in [0.15, 0.2) is 53.8 Å². The van der Waals surface area contributed by atoms with E-state index in [-0.39, 0.29) is 23.6 Å². The number of aromatic nitrogens is 1. The van der Waals surface area contributed by atoms with E-state index in [0.29, 0.717) is 11.3 Å². The molecule has 8 heteroatoms. The van der Waals surface area contributed by atoms with Crippen LogP contribution in [0.5, 0.6) is 0 Å². The number of halogens is 3. The quantitative estimate of drug-likeness (QED) is 0.497. The third-order valence-corrected chi connectivity index (χ3v) is 5.56. The number of nitrogens with zero attached hydrogens (tertiary/aromatic N) is 2. The number of hydrogen-bond donors (Lipinski definition) is 0. The fourth-order valence-electron chi connectivity index (χ4n) is 3.49. The van der Waals surface area contributed by atoms with E-state index in [1.54, 1.807) is 18.1 Å². The van der Waals surface area contributed by atoms with Crippen LogP contribution < -0.4 is 0 Å². The third kappa shape index (κ3) is 4.27. The summed E-state index contributed by atoms with van der Waals surface area (Å²) in [5, 5.41) is 0.947. The van der Waals surface area contributed by atoms with Crippen LogP contribution in [0, 0.1) is 0 Å². The lowest BCUT2D eigenvalue weighted by Gasteiger charge is -2.33. The molecule has 0 aliphatic carbocycles. The molecule has 0 saturated carbocycles. The number of Topliss-reactive ketones (excluding diaryl/α,β-unsaturated/α-hetero) is 3. The number of aryl methyl sites for hydroxylation is 1. The molecule has 0 saturated heterocycles. The van der Waals surface area contributed by atoms with Crippen LogP contribution in [0.25, 0.3) is 10.9 Å². The van der Waals surface area contributed by atoms with Gasteiger partial charge in [0.25, 0.3) is 3.79 Å². The minimum absolute atomic E-state index is 0.0132. The molecule has 0 amide bonds. The normalized spacial score (nSPS) is 17.2. The van der Waals surface area contributed by atoms with Gasteiger partial charge in [-0.3, -0.25) is 14.4 Å². The van der Waals surface area contributed by atoms with Gasteiger partial charge in [0.2, 0.25) is 5.78 Å². The standard InChI is InChI=1S/C21H19Cl3N2O3/c1-12(27)14-8-15(20(29)21(22,23)24)17(25(2)11-14)10-19(28)18-9-13-6-4-5-7-16(13)26(18)3/h4-9,11,17H,10H2,1-3H3. The number of alkyl halides is 3. The average Bonchev–Trinajstić information content (AvgIpc) is 2.98. The third-order valence-electron chi connectivity index (χ3n) is 5.05. The monoisotopic (exact) mass is 452 g/mol. The molecule has 1 unspecified atom stereocenters. The Balaban J connectivity index is 1.98. The first-order valence-corrected chi connectivity index (χ1v) is 9.99. The van der Waals surface area contributed by atoms with Crippen LogP contribution in [-0.2, 0) is 16.6 Å². The highest BCUT2D eigenvalue weighted by Gasteiger charge is 2.40. The summed E-state index contributed by atoms with van der Waals surface area (Å²) in [5.74, 6) is -1.15. The van der Waals surface area contributed by atoms with Crippen molar-refractivity contribution in [2.75, 3.05) is 7.05 Å². The van der Waals surface area contributed by atoms with Gasteiger partial charge in [0, 0.05) is 48.8 Å². The molecule has 1 aliphatic heterocycles. The van der Waals surface area contributed by atoms with Crippen molar-refractivity contribution in [2.24, 2.45) is 7.05 Å². The fourth-order valence-corrected chi connectivity index (χ4v) is 3.82. The molecule has 0 N–H and O–H groups in total. The van der Waals surface area contributed by atoms with Gasteiger partial charge in [-0.15, -0.1) is 0 Å². The zero-order valence-electron chi connectivity index (χ0n) is 16.1. The molecule has 1 aromatic carbocycles. The van der Waals surface area contributed by atoms with E-state index in [9.17, 15) is 14.4 Å². The van der Waals surface area contributed by atoms with Gasteiger partial charge in [-0.1, -0.05) is 53.0 Å². The summed E-state index contributed by atoms with van der Waals surface area (Å²) in [5.41, 5.74) is 1.87. The highest BCUT2D eigenvalue weighted by Crippen LogP contribution is 2.35. The second-order valence-corrected chi connectivity index (χ2v) is 9.30. The van der Waals surface area contributed by atoms with Gasteiger partial charge in [0.15, 0.2) is 11.6 Å². The van der Waals surface area contributed by atoms with Crippen LogP contribution in [0.1, 0.15) is 23.8 Å². The number of para-hydroxylation sites is 1. The number of benzene rings is 1. The summed E-state index contributed by atoms with van der Waals surface area (Å²) in [7, 11) is 3.50. The largest absolute Gasteiger partial charge is 0.372 e. The van der Waals surface area contributed by atoms with Gasteiger partial charge < -0.3 is 9.47 Å². The summed E-state index contributed by atoms with van der Waals surface area (Å²) in [6.45, 7) is 1.38. The smallest absolute Gasteiger partial charge is 0.253 e. The van der Waals surface area contributed by atoms with E-state index < -0.39 is 15.6 Å². The summed E-state index contributed by atoms with van der Waals surface area (Å²) < 4.78 is -0.371. The van der Waals surface area contributed by atoms with Crippen molar-refractivity contribution < 1.29 is 14.4 Å². The molecule has 152 valence electrons. The van der Waals surface area contributed by atoms with Crippen molar-refractivity contribution in [3.8, 4) is 0 Å². The van der Waals surface area contributed by atoms with Crippen LogP contribution in [0.4, 0.5) is 0 Å². The number of carbonyl (C=O) groups is 3. The molecule has 1 atom stereocenters. The Kier molecular flexibility index (Phi) is 5.95. The second kappa shape index (κ2) is 7.98. The lowest BCUT2D eigenvalue weighted by molar-refractivity contribution is -0.115. The second-order valence-electron chi connectivity index (χ2n) is 7.02. The number of hydrogen-bond acceptors (Lipinski definition) is 4. The van der Waals surface area contributed by atoms with E-state index in [2.05, 4.69) is 0 Å². The Morgan fingerprint density at radius 1 is 1.10 bits per heavy atom. The first kappa shape index (κ1) is 21.6. The average molecular weight is 454 g/mol. The first-order chi connectivity index (χ1) is 13.5. The van der Waals surface area contributed by atoms with Crippen molar-refractivity contribution in [3.63, 3.8) is 0 Å². The number of ketones is 3. The van der Waals surface area contributed by atoms with Crippen LogP contribution in [-0.4, -0.2) is 43.7 Å². The highest BCUT2D eigenvalue weighted by atomic mass is 35.6. The van der Waals surface area contributed by atoms with Gasteiger partial charge >= 0.3 is 0 Å². The van der Waals surface area contributed by atoms with Gasteiger partial charge in [0.05, 0.1) is 11.7 Å². The predicted octanol–water partition coefficient (Wildman–Crippen LogP) is 4.40. The van der Waals surface area contributed by atoms with Crippen LogP contribution >= 0.6 is 34.8 Å². The maximum Gasteiger partial charge on any atom is 0.253 e. The molecule has 29 heavy (non-hydrogen) atoms. The van der Waals surface area contributed by atoms with Crippen molar-refractivity contribution in [1.29, 1.82) is 0 Å². The Labute approximate surface area is 183 Å². The Morgan fingerprint density at radius 2 is 1.76 bits per heavy atom. The van der Waals surface area contributed by atoms with E-state index in [1.165, 1.54) is 13.0 Å². The molecule has 0 bridgehead atoms. The number of carbonyl (C=O) groups excluding carboxylic acids is 3. The molecular formula is C21H19Cl3N2O3. The maximum atomic E-state index is 13.1. The number of likely N-dealkylation sites (N-methyl/N-ethyl adjacent to an activating group) is 1. The highest BCUT2D eigenvalue weighted by molar-refractivity contribution is 6.77. The zero-order chi connectivity index (χ0) is 21.5.